The minimum atomic E-state index is -4.53. The quantitative estimate of drug-likeness (QED) is 0.704. The van der Waals surface area contributed by atoms with Gasteiger partial charge in [-0.2, -0.15) is 13.2 Å². The Bertz CT molecular complexity index is 911. The second-order valence-corrected chi connectivity index (χ2v) is 6.03. The van der Waals surface area contributed by atoms with E-state index in [1.165, 1.54) is 0 Å². The van der Waals surface area contributed by atoms with Crippen LogP contribution in [0.3, 0.4) is 0 Å². The third-order valence-corrected chi connectivity index (χ3v) is 3.87. The highest BCUT2D eigenvalue weighted by Crippen LogP contribution is 2.29. The Balaban J connectivity index is 1.87. The first kappa shape index (κ1) is 17.0. The standard InChI is InChI=1S/C18H16F3N3O/c1-10(2)15-8-12-13(23-15)4-3-5-14(12)24-17(25)11-6-7-16(22-9-11)18(19,20)21/h3-10,23H,1-2H3,(H,24,25). The third-order valence-electron chi connectivity index (χ3n) is 3.87. The second-order valence-electron chi connectivity index (χ2n) is 6.03. The lowest BCUT2D eigenvalue weighted by Crippen LogP contribution is -2.14. The number of halogens is 3. The Labute approximate surface area is 142 Å². The number of aromatic amines is 1. The van der Waals surface area contributed by atoms with Crippen molar-refractivity contribution in [3.63, 3.8) is 0 Å². The van der Waals surface area contributed by atoms with Crippen LogP contribution in [-0.2, 0) is 6.18 Å². The Hall–Kier alpha value is -2.83. The number of carbonyl (C=O) groups is 1. The summed E-state index contributed by atoms with van der Waals surface area (Å²) in [6.45, 7) is 4.10. The molecule has 0 radical (unpaired) electrons. The number of nitrogens with one attached hydrogen (secondary N) is 2. The summed E-state index contributed by atoms with van der Waals surface area (Å²) in [5.41, 5.74) is 1.54. The van der Waals surface area contributed by atoms with Gasteiger partial charge in [0, 0.05) is 22.8 Å². The van der Waals surface area contributed by atoms with Crippen LogP contribution < -0.4 is 5.32 Å². The lowest BCUT2D eigenvalue weighted by atomic mass is 10.1. The lowest BCUT2D eigenvalue weighted by Gasteiger charge is -2.08. The van der Waals surface area contributed by atoms with Gasteiger partial charge in [0.2, 0.25) is 0 Å². The Kier molecular flexibility index (Phi) is 4.24. The summed E-state index contributed by atoms with van der Waals surface area (Å²) in [7, 11) is 0. The maximum absolute atomic E-state index is 12.5. The molecule has 3 rings (SSSR count). The van der Waals surface area contributed by atoms with E-state index in [1.54, 1.807) is 12.1 Å². The molecule has 4 nitrogen and oxygen atoms in total. The van der Waals surface area contributed by atoms with Gasteiger partial charge in [-0.25, -0.2) is 0 Å². The number of pyridine rings is 1. The Morgan fingerprint density at radius 1 is 1.20 bits per heavy atom. The molecule has 0 saturated carbocycles. The fraction of sp³-hybridized carbons (Fsp3) is 0.222. The fourth-order valence-electron chi connectivity index (χ4n) is 2.49. The topological polar surface area (TPSA) is 57.8 Å². The van der Waals surface area contributed by atoms with Gasteiger partial charge >= 0.3 is 6.18 Å². The van der Waals surface area contributed by atoms with Crippen LogP contribution in [0.25, 0.3) is 10.9 Å². The second kappa shape index (κ2) is 6.23. The molecule has 0 bridgehead atoms. The van der Waals surface area contributed by atoms with Gasteiger partial charge in [-0.1, -0.05) is 19.9 Å². The van der Waals surface area contributed by atoms with Crippen molar-refractivity contribution in [1.82, 2.24) is 9.97 Å². The van der Waals surface area contributed by atoms with Crippen molar-refractivity contribution >= 4 is 22.5 Å². The van der Waals surface area contributed by atoms with Crippen molar-refractivity contribution in [3.8, 4) is 0 Å². The number of nitrogens with zero attached hydrogens (tertiary/aromatic N) is 1. The van der Waals surface area contributed by atoms with Crippen LogP contribution in [0.2, 0.25) is 0 Å². The van der Waals surface area contributed by atoms with Crippen LogP contribution >= 0.6 is 0 Å². The zero-order valence-electron chi connectivity index (χ0n) is 13.6. The van der Waals surface area contributed by atoms with Crippen LogP contribution in [0.5, 0.6) is 0 Å². The number of rotatable bonds is 3. The molecular weight excluding hydrogens is 331 g/mol. The van der Waals surface area contributed by atoms with E-state index in [0.717, 1.165) is 34.9 Å². The number of aromatic nitrogens is 2. The number of fused-ring (bicyclic) bond motifs is 1. The Morgan fingerprint density at radius 2 is 1.96 bits per heavy atom. The molecule has 0 aliphatic carbocycles. The SMILES string of the molecule is CC(C)c1cc2c(NC(=O)c3ccc(C(F)(F)F)nc3)cccc2[nH]1. The van der Waals surface area contributed by atoms with E-state index >= 15 is 0 Å². The number of alkyl halides is 3. The predicted octanol–water partition coefficient (Wildman–Crippen LogP) is 4.96. The number of benzene rings is 1. The molecule has 2 N–H and O–H groups in total. The van der Waals surface area contributed by atoms with Gasteiger partial charge in [0.05, 0.1) is 11.3 Å². The zero-order chi connectivity index (χ0) is 18.2. The largest absolute Gasteiger partial charge is 0.433 e. The Morgan fingerprint density at radius 3 is 2.56 bits per heavy atom. The maximum Gasteiger partial charge on any atom is 0.433 e. The summed E-state index contributed by atoms with van der Waals surface area (Å²) in [6, 6.07) is 9.31. The number of hydrogen-bond donors (Lipinski definition) is 2. The molecule has 0 aliphatic heterocycles. The van der Waals surface area contributed by atoms with E-state index in [-0.39, 0.29) is 5.56 Å². The molecule has 25 heavy (non-hydrogen) atoms. The summed E-state index contributed by atoms with van der Waals surface area (Å²) >= 11 is 0. The summed E-state index contributed by atoms with van der Waals surface area (Å²) < 4.78 is 37.6. The zero-order valence-corrected chi connectivity index (χ0v) is 13.6. The molecule has 7 heteroatoms. The van der Waals surface area contributed by atoms with Gasteiger partial charge in [-0.3, -0.25) is 9.78 Å². The van der Waals surface area contributed by atoms with E-state index in [0.29, 0.717) is 11.6 Å². The van der Waals surface area contributed by atoms with E-state index in [1.807, 2.05) is 12.1 Å². The molecule has 130 valence electrons. The molecule has 1 aromatic carbocycles. The molecule has 0 atom stereocenters. The first-order chi connectivity index (χ1) is 11.8. The lowest BCUT2D eigenvalue weighted by molar-refractivity contribution is -0.141. The third kappa shape index (κ3) is 3.50. The highest BCUT2D eigenvalue weighted by atomic mass is 19.4. The van der Waals surface area contributed by atoms with Crippen molar-refractivity contribution in [3.05, 3.63) is 59.5 Å². The van der Waals surface area contributed by atoms with Gasteiger partial charge in [-0.15, -0.1) is 0 Å². The number of H-pyrrole nitrogens is 1. The molecule has 0 saturated heterocycles. The molecule has 1 amide bonds. The normalized spacial score (nSPS) is 11.9. The summed E-state index contributed by atoms with van der Waals surface area (Å²) in [6.07, 6.45) is -3.60. The van der Waals surface area contributed by atoms with Crippen LogP contribution in [0, 0.1) is 0 Å². The number of hydrogen-bond acceptors (Lipinski definition) is 2. The molecule has 2 heterocycles. The van der Waals surface area contributed by atoms with Crippen LogP contribution in [-0.4, -0.2) is 15.9 Å². The monoisotopic (exact) mass is 347 g/mol. The molecule has 0 aliphatic rings. The first-order valence-corrected chi connectivity index (χ1v) is 7.72. The van der Waals surface area contributed by atoms with Gasteiger partial charge < -0.3 is 10.3 Å². The minimum absolute atomic E-state index is 0.0598. The minimum Gasteiger partial charge on any atom is -0.358 e. The van der Waals surface area contributed by atoms with Crippen molar-refractivity contribution in [2.45, 2.75) is 25.9 Å². The average Bonchev–Trinajstić information content (AvgIpc) is 3.00. The summed E-state index contributed by atoms with van der Waals surface area (Å²) in [5, 5.41) is 3.58. The highest BCUT2D eigenvalue weighted by molar-refractivity contribution is 6.08. The van der Waals surface area contributed by atoms with Crippen LogP contribution in [0.1, 0.15) is 41.5 Å². The van der Waals surface area contributed by atoms with Gasteiger partial charge in [0.1, 0.15) is 5.69 Å². The fourth-order valence-corrected chi connectivity index (χ4v) is 2.49. The van der Waals surface area contributed by atoms with Crippen molar-refractivity contribution in [1.29, 1.82) is 0 Å². The van der Waals surface area contributed by atoms with E-state index in [9.17, 15) is 18.0 Å². The summed E-state index contributed by atoms with van der Waals surface area (Å²) in [5.74, 6) is -0.212. The van der Waals surface area contributed by atoms with Crippen molar-refractivity contribution in [2.75, 3.05) is 5.32 Å². The van der Waals surface area contributed by atoms with Crippen LogP contribution in [0.4, 0.5) is 18.9 Å². The van der Waals surface area contributed by atoms with Gasteiger partial charge in [-0.05, 0) is 36.2 Å². The molecule has 0 spiro atoms. The van der Waals surface area contributed by atoms with Crippen LogP contribution in [0.15, 0.2) is 42.6 Å². The molecule has 0 fully saturated rings. The van der Waals surface area contributed by atoms with Gasteiger partial charge in [0.15, 0.2) is 0 Å². The average molecular weight is 347 g/mol. The maximum atomic E-state index is 12.5. The van der Waals surface area contributed by atoms with Gasteiger partial charge in [0.25, 0.3) is 5.91 Å². The first-order valence-electron chi connectivity index (χ1n) is 7.72. The van der Waals surface area contributed by atoms with E-state index < -0.39 is 17.8 Å². The molecule has 2 aromatic heterocycles. The van der Waals surface area contributed by atoms with Crippen molar-refractivity contribution < 1.29 is 18.0 Å². The molecule has 3 aromatic rings. The number of carbonyl (C=O) groups excluding carboxylic acids is 1. The van der Waals surface area contributed by atoms with E-state index in [4.69, 9.17) is 0 Å². The smallest absolute Gasteiger partial charge is 0.358 e. The predicted molar refractivity (Wildman–Crippen MR) is 89.6 cm³/mol. The van der Waals surface area contributed by atoms with Crippen molar-refractivity contribution in [2.24, 2.45) is 0 Å². The number of amides is 1. The highest BCUT2D eigenvalue weighted by Gasteiger charge is 2.32. The number of anilines is 1. The molecule has 0 unspecified atom stereocenters. The summed E-state index contributed by atoms with van der Waals surface area (Å²) in [4.78, 5) is 18.9. The van der Waals surface area contributed by atoms with E-state index in [2.05, 4.69) is 29.1 Å². The molecular formula is C18H16F3N3O.